The quantitative estimate of drug-likeness (QED) is 0.485. The zero-order valence-electron chi connectivity index (χ0n) is 11.5. The number of hydrogen-bond donors (Lipinski definition) is 4. The molecular weight excluding hydrogens is 252 g/mol. The molecule has 0 aromatic carbocycles. The van der Waals surface area contributed by atoms with Gasteiger partial charge >= 0.3 is 0 Å². The number of amidine groups is 2. The maximum Gasteiger partial charge on any atom is 0.182 e. The van der Waals surface area contributed by atoms with Gasteiger partial charge in [0, 0.05) is 11.6 Å². The Hall–Kier alpha value is -2.50. The lowest BCUT2D eigenvalue weighted by molar-refractivity contribution is 0.377. The molecule has 2 heterocycles. The molecule has 0 amide bonds. The van der Waals surface area contributed by atoms with Crippen LogP contribution in [0.3, 0.4) is 0 Å². The Morgan fingerprint density at radius 1 is 1.15 bits per heavy atom. The summed E-state index contributed by atoms with van der Waals surface area (Å²) in [5, 5.41) is 15.7. The summed E-state index contributed by atoms with van der Waals surface area (Å²) in [5.41, 5.74) is 10.6. The molecule has 104 valence electrons. The molecule has 20 heavy (non-hydrogen) atoms. The number of allylic oxidation sites excluding steroid dienone is 1. The van der Waals surface area contributed by atoms with Crippen LogP contribution < -0.4 is 11.5 Å². The first-order valence-electron chi connectivity index (χ1n) is 6.21. The van der Waals surface area contributed by atoms with E-state index >= 15 is 0 Å². The molecule has 0 atom stereocenters. The van der Waals surface area contributed by atoms with E-state index in [1.807, 2.05) is 44.2 Å². The number of aliphatic imine (C=N–C) groups is 1. The lowest BCUT2D eigenvalue weighted by atomic mass is 9.68. The second-order valence-corrected chi connectivity index (χ2v) is 5.30. The molecule has 0 radical (unpaired) electrons. The summed E-state index contributed by atoms with van der Waals surface area (Å²) in [6.07, 6.45) is 5.36. The Kier molecular flexibility index (Phi) is 3.17. The van der Waals surface area contributed by atoms with Gasteiger partial charge in [0.2, 0.25) is 0 Å². The van der Waals surface area contributed by atoms with Crippen LogP contribution in [0.4, 0.5) is 0 Å². The lowest BCUT2D eigenvalue weighted by Crippen LogP contribution is -2.61. The maximum atomic E-state index is 7.87. The van der Waals surface area contributed by atoms with E-state index in [4.69, 9.17) is 22.3 Å². The van der Waals surface area contributed by atoms with Gasteiger partial charge in [0.15, 0.2) is 5.54 Å². The van der Waals surface area contributed by atoms with Crippen molar-refractivity contribution in [2.75, 3.05) is 0 Å². The number of nitrogens with two attached hydrogens (primary N) is 2. The predicted octanol–water partition coefficient (Wildman–Crippen LogP) is 1.08. The van der Waals surface area contributed by atoms with Crippen LogP contribution >= 0.6 is 0 Å². The van der Waals surface area contributed by atoms with Crippen LogP contribution in [0.15, 0.2) is 41.5 Å². The van der Waals surface area contributed by atoms with Gasteiger partial charge in [-0.3, -0.25) is 20.8 Å². The van der Waals surface area contributed by atoms with Gasteiger partial charge in [0.05, 0.1) is 11.4 Å². The number of rotatable bonds is 3. The van der Waals surface area contributed by atoms with Gasteiger partial charge in [-0.15, -0.1) is 0 Å². The lowest BCUT2D eigenvalue weighted by Gasteiger charge is -2.42. The van der Waals surface area contributed by atoms with Crippen molar-refractivity contribution in [1.29, 1.82) is 10.8 Å². The molecule has 0 fully saturated rings. The summed E-state index contributed by atoms with van der Waals surface area (Å²) >= 11 is 0. The van der Waals surface area contributed by atoms with E-state index in [-0.39, 0.29) is 11.7 Å². The van der Waals surface area contributed by atoms with Crippen LogP contribution in [0.25, 0.3) is 0 Å². The van der Waals surface area contributed by atoms with Crippen molar-refractivity contribution in [1.82, 2.24) is 4.98 Å². The Morgan fingerprint density at radius 2 is 1.80 bits per heavy atom. The van der Waals surface area contributed by atoms with E-state index in [1.165, 1.54) is 0 Å². The zero-order chi connectivity index (χ0) is 15.0. The fraction of sp³-hybridized carbons (Fsp3) is 0.286. The van der Waals surface area contributed by atoms with Crippen LogP contribution in [0, 0.1) is 16.2 Å². The highest BCUT2D eigenvalue weighted by Gasteiger charge is 2.51. The summed E-state index contributed by atoms with van der Waals surface area (Å²) < 4.78 is 0. The van der Waals surface area contributed by atoms with Crippen LogP contribution in [-0.2, 0) is 0 Å². The fourth-order valence-corrected chi connectivity index (χ4v) is 2.39. The van der Waals surface area contributed by atoms with Crippen molar-refractivity contribution in [3.05, 3.63) is 42.2 Å². The second kappa shape index (κ2) is 4.56. The summed E-state index contributed by atoms with van der Waals surface area (Å²) in [6.45, 7) is 3.70. The molecule has 0 aliphatic carbocycles. The van der Waals surface area contributed by atoms with Crippen molar-refractivity contribution in [2.45, 2.75) is 19.4 Å². The van der Waals surface area contributed by atoms with Crippen LogP contribution in [-0.4, -0.2) is 27.9 Å². The second-order valence-electron chi connectivity index (χ2n) is 5.30. The van der Waals surface area contributed by atoms with Crippen LogP contribution in [0.5, 0.6) is 0 Å². The van der Waals surface area contributed by atoms with Gasteiger partial charge in [0.25, 0.3) is 0 Å². The predicted molar refractivity (Wildman–Crippen MR) is 80.3 cm³/mol. The monoisotopic (exact) mass is 270 g/mol. The highest BCUT2D eigenvalue weighted by atomic mass is 15.1. The first-order chi connectivity index (χ1) is 9.31. The molecule has 1 aromatic rings. The van der Waals surface area contributed by atoms with Crippen LogP contribution in [0.2, 0.25) is 0 Å². The number of pyridine rings is 1. The summed E-state index contributed by atoms with van der Waals surface area (Å²) in [5.74, 6) is -0.486. The summed E-state index contributed by atoms with van der Waals surface area (Å²) in [6, 6.07) is 5.47. The number of nitrogens with zero attached hydrogens (tertiary/aromatic N) is 2. The Labute approximate surface area is 117 Å². The van der Waals surface area contributed by atoms with Crippen molar-refractivity contribution >= 4 is 17.4 Å². The number of hydrogen-bond acceptors (Lipinski definition) is 4. The van der Waals surface area contributed by atoms with Gasteiger partial charge in [-0.25, -0.2) is 0 Å². The average Bonchev–Trinajstić information content (AvgIpc) is 2.38. The van der Waals surface area contributed by atoms with E-state index < -0.39 is 11.0 Å². The number of dihydropyridines is 1. The Morgan fingerprint density at radius 3 is 2.30 bits per heavy atom. The molecule has 6 heteroatoms. The third-order valence-electron chi connectivity index (χ3n) is 3.59. The van der Waals surface area contributed by atoms with E-state index in [0.29, 0.717) is 11.4 Å². The highest BCUT2D eigenvalue weighted by Crippen LogP contribution is 2.39. The van der Waals surface area contributed by atoms with Crippen molar-refractivity contribution in [2.24, 2.45) is 21.9 Å². The Balaban J connectivity index is 2.65. The molecule has 6 nitrogen and oxygen atoms in total. The number of aromatic nitrogens is 1. The SMILES string of the molecule is CC1(C)C=CC(c2ccccn2)=NC1(C(=N)N)C(=N)N. The normalized spacial score (nSPS) is 24.0. The molecule has 0 saturated carbocycles. The minimum Gasteiger partial charge on any atom is -0.385 e. The van der Waals surface area contributed by atoms with E-state index in [0.717, 1.165) is 0 Å². The third-order valence-corrected chi connectivity index (χ3v) is 3.59. The minimum absolute atomic E-state index is 0.243. The average molecular weight is 270 g/mol. The third kappa shape index (κ3) is 1.89. The molecule has 0 bridgehead atoms. The van der Waals surface area contributed by atoms with E-state index in [2.05, 4.69) is 9.98 Å². The number of nitrogens with one attached hydrogen (secondary N) is 2. The molecule has 2 rings (SSSR count). The molecule has 0 saturated heterocycles. The molecule has 6 N–H and O–H groups in total. The molecule has 1 aromatic heterocycles. The van der Waals surface area contributed by atoms with E-state index in [9.17, 15) is 0 Å². The fourth-order valence-electron chi connectivity index (χ4n) is 2.39. The first kappa shape index (κ1) is 13.9. The van der Waals surface area contributed by atoms with Crippen molar-refractivity contribution in [3.63, 3.8) is 0 Å². The topological polar surface area (TPSA) is 125 Å². The van der Waals surface area contributed by atoms with Crippen molar-refractivity contribution < 1.29 is 0 Å². The molecule has 1 aliphatic rings. The zero-order valence-corrected chi connectivity index (χ0v) is 11.5. The van der Waals surface area contributed by atoms with Crippen LogP contribution in [0.1, 0.15) is 19.5 Å². The van der Waals surface area contributed by atoms with Gasteiger partial charge in [-0.2, -0.15) is 0 Å². The Bertz CT molecular complexity index is 598. The van der Waals surface area contributed by atoms with Gasteiger partial charge in [-0.1, -0.05) is 26.0 Å². The largest absolute Gasteiger partial charge is 0.385 e. The van der Waals surface area contributed by atoms with Crippen molar-refractivity contribution in [3.8, 4) is 0 Å². The summed E-state index contributed by atoms with van der Waals surface area (Å²) in [7, 11) is 0. The molecular formula is C14H18N6. The molecule has 0 spiro atoms. The van der Waals surface area contributed by atoms with Gasteiger partial charge in [-0.05, 0) is 18.2 Å². The van der Waals surface area contributed by atoms with Gasteiger partial charge in [0.1, 0.15) is 11.7 Å². The smallest absolute Gasteiger partial charge is 0.182 e. The molecule has 0 unspecified atom stereocenters. The first-order valence-corrected chi connectivity index (χ1v) is 6.21. The molecule has 1 aliphatic heterocycles. The standard InChI is InChI=1S/C14H18N6/c1-13(2)7-6-10(9-5-3-4-8-19-9)20-14(13,11(15)16)12(17)18/h3-8H,1-2H3,(H3,15,16)(H3,17,18). The maximum absolute atomic E-state index is 7.87. The van der Waals surface area contributed by atoms with E-state index in [1.54, 1.807) is 6.20 Å². The minimum atomic E-state index is -1.37. The van der Waals surface area contributed by atoms with Gasteiger partial charge < -0.3 is 11.5 Å². The highest BCUT2D eigenvalue weighted by molar-refractivity contribution is 6.18. The summed E-state index contributed by atoms with van der Waals surface area (Å²) in [4.78, 5) is 8.73.